The van der Waals surface area contributed by atoms with E-state index < -0.39 is 0 Å². The van der Waals surface area contributed by atoms with Crippen molar-refractivity contribution in [1.82, 2.24) is 4.90 Å². The lowest BCUT2D eigenvalue weighted by molar-refractivity contribution is -0.131. The minimum absolute atomic E-state index is 0.0572. The molecule has 0 bridgehead atoms. The van der Waals surface area contributed by atoms with Gasteiger partial charge in [0.1, 0.15) is 0 Å². The van der Waals surface area contributed by atoms with Crippen molar-refractivity contribution in [3.8, 4) is 0 Å². The van der Waals surface area contributed by atoms with E-state index in [2.05, 4.69) is 21.2 Å². The maximum absolute atomic E-state index is 12.2. The number of hydrogen-bond acceptors (Lipinski definition) is 2. The molecular weight excluding hydrogens is 320 g/mol. The largest absolute Gasteiger partial charge is 0.339 e. The maximum atomic E-state index is 12.2. The summed E-state index contributed by atoms with van der Waals surface area (Å²) < 4.78 is 0.925. The van der Waals surface area contributed by atoms with Crippen molar-refractivity contribution in [3.05, 3.63) is 28.7 Å². The molecular formula is C15H17BrN2O2. The monoisotopic (exact) mass is 336 g/mol. The van der Waals surface area contributed by atoms with Gasteiger partial charge in [0.05, 0.1) is 5.92 Å². The summed E-state index contributed by atoms with van der Waals surface area (Å²) >= 11 is 3.38. The average Bonchev–Trinajstić information content (AvgIpc) is 2.70. The molecule has 2 amide bonds. The number of carbonyl (C=O) groups is 2. The van der Waals surface area contributed by atoms with Crippen molar-refractivity contribution < 1.29 is 9.59 Å². The highest BCUT2D eigenvalue weighted by Gasteiger charge is 2.39. The van der Waals surface area contributed by atoms with Crippen LogP contribution in [-0.2, 0) is 9.59 Å². The number of rotatable bonds is 3. The second-order valence-corrected chi connectivity index (χ2v) is 6.45. The van der Waals surface area contributed by atoms with Crippen LogP contribution in [0.15, 0.2) is 28.7 Å². The van der Waals surface area contributed by atoms with Gasteiger partial charge in [-0.1, -0.05) is 22.0 Å². The molecule has 5 heteroatoms. The van der Waals surface area contributed by atoms with E-state index in [1.165, 1.54) is 6.42 Å². The molecule has 0 radical (unpaired) electrons. The minimum Gasteiger partial charge on any atom is -0.339 e. The molecule has 2 aliphatic rings. The molecule has 1 aromatic rings. The van der Waals surface area contributed by atoms with E-state index in [0.29, 0.717) is 19.0 Å². The summed E-state index contributed by atoms with van der Waals surface area (Å²) in [5.74, 6) is -0.149. The van der Waals surface area contributed by atoms with Crippen LogP contribution in [0.1, 0.15) is 25.7 Å². The first-order chi connectivity index (χ1) is 9.63. The Labute approximate surface area is 126 Å². The third kappa shape index (κ3) is 2.73. The molecule has 1 saturated carbocycles. The average molecular weight is 337 g/mol. The Bertz CT molecular complexity index is 542. The van der Waals surface area contributed by atoms with Crippen LogP contribution in [0.4, 0.5) is 5.69 Å². The van der Waals surface area contributed by atoms with Crippen LogP contribution in [0.2, 0.25) is 0 Å². The zero-order chi connectivity index (χ0) is 14.1. The molecule has 1 saturated heterocycles. The predicted octanol–water partition coefficient (Wildman–Crippen LogP) is 2.79. The molecule has 0 aromatic heterocycles. The molecule has 1 aliphatic heterocycles. The Hall–Kier alpha value is -1.36. The number of nitrogens with one attached hydrogen (secondary N) is 1. The van der Waals surface area contributed by atoms with Crippen LogP contribution < -0.4 is 5.32 Å². The Morgan fingerprint density at radius 3 is 2.80 bits per heavy atom. The van der Waals surface area contributed by atoms with Crippen molar-refractivity contribution >= 4 is 33.4 Å². The van der Waals surface area contributed by atoms with Gasteiger partial charge in [0.15, 0.2) is 0 Å². The molecule has 0 spiro atoms. The van der Waals surface area contributed by atoms with Gasteiger partial charge in [-0.3, -0.25) is 9.59 Å². The van der Waals surface area contributed by atoms with Crippen LogP contribution in [0, 0.1) is 5.92 Å². The molecule has 2 fully saturated rings. The Kier molecular flexibility index (Phi) is 3.78. The lowest BCUT2D eigenvalue weighted by atomic mass is 9.92. The summed E-state index contributed by atoms with van der Waals surface area (Å²) in [4.78, 5) is 26.1. The molecule has 1 unspecified atom stereocenters. The van der Waals surface area contributed by atoms with E-state index in [9.17, 15) is 9.59 Å². The van der Waals surface area contributed by atoms with Crippen molar-refractivity contribution in [3.63, 3.8) is 0 Å². The fraction of sp³-hybridized carbons (Fsp3) is 0.467. The van der Waals surface area contributed by atoms with E-state index in [0.717, 1.165) is 23.0 Å². The summed E-state index contributed by atoms with van der Waals surface area (Å²) in [5.41, 5.74) is 0.763. The van der Waals surface area contributed by atoms with Gasteiger partial charge in [-0.15, -0.1) is 0 Å². The van der Waals surface area contributed by atoms with Gasteiger partial charge in [0, 0.05) is 29.2 Å². The lowest BCUT2D eigenvalue weighted by Gasteiger charge is -2.34. The van der Waals surface area contributed by atoms with E-state index in [1.807, 2.05) is 29.2 Å². The van der Waals surface area contributed by atoms with Gasteiger partial charge in [-0.25, -0.2) is 0 Å². The number of hydrogen-bond donors (Lipinski definition) is 1. The smallest absolute Gasteiger partial charge is 0.229 e. The normalized spacial score (nSPS) is 22.8. The fourth-order valence-electron chi connectivity index (χ4n) is 2.77. The third-order valence-electron chi connectivity index (χ3n) is 4.14. The standard InChI is InChI=1S/C15H17BrN2O2/c16-11-3-1-4-12(8-11)17-15(20)10-7-14(19)18(9-10)13-5-2-6-13/h1,3-4,8,10,13H,2,5-7,9H2,(H,17,20). The molecule has 1 aliphatic carbocycles. The highest BCUT2D eigenvalue weighted by molar-refractivity contribution is 9.10. The summed E-state index contributed by atoms with van der Waals surface area (Å²) in [5, 5.41) is 2.89. The van der Waals surface area contributed by atoms with E-state index in [1.54, 1.807) is 0 Å². The Morgan fingerprint density at radius 1 is 1.35 bits per heavy atom. The number of nitrogens with zero attached hydrogens (tertiary/aromatic N) is 1. The number of anilines is 1. The molecule has 3 rings (SSSR count). The van der Waals surface area contributed by atoms with Gasteiger partial charge in [-0.2, -0.15) is 0 Å². The summed E-state index contributed by atoms with van der Waals surface area (Å²) in [6.45, 7) is 0.573. The number of likely N-dealkylation sites (tertiary alicyclic amines) is 1. The van der Waals surface area contributed by atoms with Crippen LogP contribution in [0.5, 0.6) is 0 Å². The zero-order valence-electron chi connectivity index (χ0n) is 11.1. The SMILES string of the molecule is O=C(Nc1cccc(Br)c1)C1CC(=O)N(C2CCC2)C1. The fourth-order valence-corrected chi connectivity index (χ4v) is 3.17. The van der Waals surface area contributed by atoms with Crippen LogP contribution >= 0.6 is 15.9 Å². The second-order valence-electron chi connectivity index (χ2n) is 5.53. The predicted molar refractivity (Wildman–Crippen MR) is 80.2 cm³/mol. The molecule has 1 aromatic carbocycles. The van der Waals surface area contributed by atoms with Crippen molar-refractivity contribution in [1.29, 1.82) is 0 Å². The van der Waals surface area contributed by atoms with Gasteiger partial charge in [0.2, 0.25) is 11.8 Å². The first-order valence-corrected chi connectivity index (χ1v) is 7.78. The van der Waals surface area contributed by atoms with Crippen LogP contribution in [0.25, 0.3) is 0 Å². The quantitative estimate of drug-likeness (QED) is 0.922. The van der Waals surface area contributed by atoms with Gasteiger partial charge >= 0.3 is 0 Å². The van der Waals surface area contributed by atoms with Crippen molar-refractivity contribution in [2.45, 2.75) is 31.7 Å². The lowest BCUT2D eigenvalue weighted by Crippen LogP contribution is -2.41. The molecule has 1 atom stereocenters. The highest BCUT2D eigenvalue weighted by Crippen LogP contribution is 2.31. The van der Waals surface area contributed by atoms with E-state index >= 15 is 0 Å². The third-order valence-corrected chi connectivity index (χ3v) is 4.63. The summed E-state index contributed by atoms with van der Waals surface area (Å²) in [7, 11) is 0. The first-order valence-electron chi connectivity index (χ1n) is 6.99. The summed E-state index contributed by atoms with van der Waals surface area (Å²) in [6.07, 6.45) is 3.72. The number of halogens is 1. The minimum atomic E-state index is -0.220. The van der Waals surface area contributed by atoms with E-state index in [-0.39, 0.29) is 17.7 Å². The summed E-state index contributed by atoms with van der Waals surface area (Å²) in [6, 6.07) is 7.88. The Morgan fingerprint density at radius 2 is 2.15 bits per heavy atom. The number of benzene rings is 1. The van der Waals surface area contributed by atoms with Crippen LogP contribution in [-0.4, -0.2) is 29.3 Å². The molecule has 106 valence electrons. The van der Waals surface area contributed by atoms with Gasteiger partial charge in [0.25, 0.3) is 0 Å². The van der Waals surface area contributed by atoms with Gasteiger partial charge < -0.3 is 10.2 Å². The molecule has 4 nitrogen and oxygen atoms in total. The van der Waals surface area contributed by atoms with Crippen molar-refractivity contribution in [2.75, 3.05) is 11.9 Å². The highest BCUT2D eigenvalue weighted by atomic mass is 79.9. The number of carbonyl (C=O) groups excluding carboxylic acids is 2. The molecule has 1 N–H and O–H groups in total. The topological polar surface area (TPSA) is 49.4 Å². The molecule has 1 heterocycles. The molecule has 20 heavy (non-hydrogen) atoms. The van der Waals surface area contributed by atoms with Gasteiger partial charge in [-0.05, 0) is 37.5 Å². The van der Waals surface area contributed by atoms with E-state index in [4.69, 9.17) is 0 Å². The second kappa shape index (κ2) is 5.56. The maximum Gasteiger partial charge on any atom is 0.229 e. The van der Waals surface area contributed by atoms with Crippen molar-refractivity contribution in [2.24, 2.45) is 5.92 Å². The Balaban J connectivity index is 1.62. The zero-order valence-corrected chi connectivity index (χ0v) is 12.7. The van der Waals surface area contributed by atoms with Crippen LogP contribution in [0.3, 0.4) is 0 Å². The number of amides is 2. The first kappa shape index (κ1) is 13.6.